The number of esters is 3. The fourth-order valence-electron chi connectivity index (χ4n) is 2.21. The summed E-state index contributed by atoms with van der Waals surface area (Å²) in [4.78, 5) is 49.3. The predicted molar refractivity (Wildman–Crippen MR) is 94.5 cm³/mol. The fraction of sp³-hybridized carbons (Fsp3) is 0.444. The third-order valence-electron chi connectivity index (χ3n) is 3.66. The molecule has 1 atom stereocenters. The van der Waals surface area contributed by atoms with Gasteiger partial charge in [-0.3, -0.25) is 4.79 Å². The zero-order valence-corrected chi connectivity index (χ0v) is 16.0. The van der Waals surface area contributed by atoms with Crippen molar-refractivity contribution in [1.82, 2.24) is 5.32 Å². The smallest absolute Gasteiger partial charge is 0.352 e. The van der Waals surface area contributed by atoms with E-state index in [1.165, 1.54) is 45.2 Å². The molecule has 0 heterocycles. The van der Waals surface area contributed by atoms with Gasteiger partial charge >= 0.3 is 17.9 Å². The number of aliphatic hydroxyl groups is 1. The second-order valence-corrected chi connectivity index (χ2v) is 5.37. The van der Waals surface area contributed by atoms with E-state index in [-0.39, 0.29) is 18.8 Å². The van der Waals surface area contributed by atoms with Crippen LogP contribution in [0.15, 0.2) is 24.3 Å². The summed E-state index contributed by atoms with van der Waals surface area (Å²) in [7, 11) is 2.41. The summed E-state index contributed by atoms with van der Waals surface area (Å²) in [6.45, 7) is 2.49. The number of benzene rings is 1. The Kier molecular flexibility index (Phi) is 8.39. The van der Waals surface area contributed by atoms with Crippen LogP contribution in [0.2, 0.25) is 0 Å². The summed E-state index contributed by atoms with van der Waals surface area (Å²) in [5.74, 6) is -4.54. The van der Waals surface area contributed by atoms with Gasteiger partial charge in [0.05, 0.1) is 27.4 Å². The van der Waals surface area contributed by atoms with Gasteiger partial charge in [0.15, 0.2) is 6.04 Å². The van der Waals surface area contributed by atoms with Crippen molar-refractivity contribution in [3.63, 3.8) is 0 Å². The lowest BCUT2D eigenvalue weighted by Crippen LogP contribution is -2.66. The Bertz CT molecular complexity index is 696. The van der Waals surface area contributed by atoms with Gasteiger partial charge in [0.1, 0.15) is 5.75 Å². The zero-order valence-electron chi connectivity index (χ0n) is 16.0. The van der Waals surface area contributed by atoms with Crippen LogP contribution >= 0.6 is 0 Å². The second-order valence-electron chi connectivity index (χ2n) is 5.37. The molecule has 0 fully saturated rings. The van der Waals surface area contributed by atoms with E-state index >= 15 is 0 Å². The molecule has 10 heteroatoms. The van der Waals surface area contributed by atoms with E-state index in [1.807, 2.05) is 0 Å². The van der Waals surface area contributed by atoms with Gasteiger partial charge in [-0.05, 0) is 38.1 Å². The topological polar surface area (TPSA) is 137 Å². The van der Waals surface area contributed by atoms with Crippen LogP contribution in [0.5, 0.6) is 5.75 Å². The molecule has 0 aliphatic carbocycles. The first-order valence-electron chi connectivity index (χ1n) is 8.35. The Morgan fingerprint density at radius 2 is 1.50 bits per heavy atom. The van der Waals surface area contributed by atoms with Crippen LogP contribution in [0.1, 0.15) is 24.2 Å². The number of nitrogens with one attached hydrogen (secondary N) is 1. The number of carbonyl (C=O) groups excluding carboxylic acids is 4. The molecule has 2 N–H and O–H groups in total. The highest BCUT2D eigenvalue weighted by atomic mass is 16.6. The van der Waals surface area contributed by atoms with Crippen molar-refractivity contribution in [2.75, 3.05) is 27.4 Å². The Morgan fingerprint density at radius 3 is 1.89 bits per heavy atom. The number of amides is 1. The Balaban J connectivity index is 3.30. The Morgan fingerprint density at radius 1 is 1.00 bits per heavy atom. The van der Waals surface area contributed by atoms with Crippen LogP contribution < -0.4 is 10.1 Å². The maximum absolute atomic E-state index is 12.5. The minimum absolute atomic E-state index is 0.0739. The standard InChI is InChI=1S/C18H23NO9/c1-5-27-16(22)18(24,17(23)28-6-2)13(15(21)26-4)19-14(20)11-7-9-12(25-3)10-8-11/h7-10,13,24H,5-6H2,1-4H3,(H,19,20). The highest BCUT2D eigenvalue weighted by Crippen LogP contribution is 2.19. The Hall–Kier alpha value is -3.14. The lowest BCUT2D eigenvalue weighted by Gasteiger charge is -2.30. The number of carbonyl (C=O) groups is 4. The van der Waals surface area contributed by atoms with Crippen LogP contribution in [-0.2, 0) is 28.6 Å². The van der Waals surface area contributed by atoms with E-state index < -0.39 is 35.5 Å². The van der Waals surface area contributed by atoms with Gasteiger partial charge in [-0.1, -0.05) is 0 Å². The summed E-state index contributed by atoms with van der Waals surface area (Å²) in [5.41, 5.74) is -3.06. The van der Waals surface area contributed by atoms with Crippen molar-refractivity contribution in [1.29, 1.82) is 0 Å². The third kappa shape index (κ3) is 4.97. The van der Waals surface area contributed by atoms with Crippen molar-refractivity contribution < 1.29 is 43.2 Å². The molecule has 1 unspecified atom stereocenters. The summed E-state index contributed by atoms with van der Waals surface area (Å²) >= 11 is 0. The van der Waals surface area contributed by atoms with Gasteiger partial charge in [0.25, 0.3) is 11.5 Å². The predicted octanol–water partition coefficient (Wildman–Crippen LogP) is -0.176. The Labute approximate surface area is 161 Å². The quantitative estimate of drug-likeness (QED) is 0.330. The highest BCUT2D eigenvalue weighted by Gasteiger charge is 2.58. The normalized spacial score (nSPS) is 11.8. The van der Waals surface area contributed by atoms with Crippen LogP contribution in [0.25, 0.3) is 0 Å². The fourth-order valence-corrected chi connectivity index (χ4v) is 2.21. The van der Waals surface area contributed by atoms with Crippen molar-refractivity contribution in [3.8, 4) is 5.75 Å². The van der Waals surface area contributed by atoms with E-state index in [1.54, 1.807) is 0 Å². The molecular weight excluding hydrogens is 374 g/mol. The van der Waals surface area contributed by atoms with Crippen LogP contribution in [0.3, 0.4) is 0 Å². The van der Waals surface area contributed by atoms with E-state index in [0.29, 0.717) is 5.75 Å². The molecule has 154 valence electrons. The summed E-state index contributed by atoms with van der Waals surface area (Å²) in [5, 5.41) is 12.9. The minimum atomic E-state index is -3.14. The first-order chi connectivity index (χ1) is 13.3. The zero-order chi connectivity index (χ0) is 21.3. The van der Waals surface area contributed by atoms with Crippen LogP contribution in [0.4, 0.5) is 0 Å². The van der Waals surface area contributed by atoms with E-state index in [9.17, 15) is 24.3 Å². The molecule has 10 nitrogen and oxygen atoms in total. The summed E-state index contributed by atoms with van der Waals surface area (Å²) < 4.78 is 18.9. The number of hydrogen-bond acceptors (Lipinski definition) is 9. The monoisotopic (exact) mass is 397 g/mol. The van der Waals surface area contributed by atoms with E-state index in [2.05, 4.69) is 10.1 Å². The lowest BCUT2D eigenvalue weighted by molar-refractivity contribution is -0.191. The third-order valence-corrected chi connectivity index (χ3v) is 3.66. The van der Waals surface area contributed by atoms with Gasteiger partial charge < -0.3 is 29.4 Å². The molecule has 0 radical (unpaired) electrons. The molecule has 0 saturated heterocycles. The molecule has 0 spiro atoms. The molecule has 0 saturated carbocycles. The largest absolute Gasteiger partial charge is 0.497 e. The summed E-state index contributed by atoms with van der Waals surface area (Å²) in [6, 6.07) is 3.65. The van der Waals surface area contributed by atoms with Gasteiger partial charge in [0.2, 0.25) is 0 Å². The maximum Gasteiger partial charge on any atom is 0.352 e. The average molecular weight is 397 g/mol. The van der Waals surface area contributed by atoms with Gasteiger partial charge in [0, 0.05) is 5.56 Å². The molecule has 28 heavy (non-hydrogen) atoms. The number of methoxy groups -OCH3 is 2. The van der Waals surface area contributed by atoms with Crippen molar-refractivity contribution in [2.24, 2.45) is 0 Å². The molecule has 0 bridgehead atoms. The van der Waals surface area contributed by atoms with Gasteiger partial charge in [-0.25, -0.2) is 14.4 Å². The minimum Gasteiger partial charge on any atom is -0.497 e. The molecule has 1 amide bonds. The highest BCUT2D eigenvalue weighted by molar-refractivity contribution is 6.10. The second kappa shape index (κ2) is 10.3. The molecule has 1 aromatic carbocycles. The lowest BCUT2D eigenvalue weighted by atomic mass is 9.93. The van der Waals surface area contributed by atoms with E-state index in [0.717, 1.165) is 7.11 Å². The van der Waals surface area contributed by atoms with E-state index in [4.69, 9.17) is 14.2 Å². The van der Waals surface area contributed by atoms with Crippen molar-refractivity contribution in [2.45, 2.75) is 25.5 Å². The average Bonchev–Trinajstić information content (AvgIpc) is 2.70. The molecular formula is C18H23NO9. The summed E-state index contributed by atoms with van der Waals surface area (Å²) in [6.07, 6.45) is 0. The van der Waals surface area contributed by atoms with Crippen molar-refractivity contribution in [3.05, 3.63) is 29.8 Å². The number of ether oxygens (including phenoxy) is 4. The van der Waals surface area contributed by atoms with Crippen LogP contribution in [0, 0.1) is 0 Å². The SMILES string of the molecule is CCOC(=O)C(O)(C(=O)OCC)C(NC(=O)c1ccc(OC)cc1)C(=O)OC. The number of hydrogen-bond donors (Lipinski definition) is 2. The molecule has 1 rings (SSSR count). The molecule has 1 aromatic rings. The van der Waals surface area contributed by atoms with Gasteiger partial charge in [-0.15, -0.1) is 0 Å². The molecule has 0 aliphatic heterocycles. The first kappa shape index (κ1) is 22.9. The molecule has 0 aromatic heterocycles. The van der Waals surface area contributed by atoms with Crippen LogP contribution in [-0.4, -0.2) is 68.0 Å². The maximum atomic E-state index is 12.5. The molecule has 0 aliphatic rings. The van der Waals surface area contributed by atoms with Crippen molar-refractivity contribution >= 4 is 23.8 Å². The van der Waals surface area contributed by atoms with Gasteiger partial charge in [-0.2, -0.15) is 0 Å². The first-order valence-corrected chi connectivity index (χ1v) is 8.35. The number of rotatable bonds is 9.